The first-order valence-corrected chi connectivity index (χ1v) is 8.26. The highest BCUT2D eigenvalue weighted by Crippen LogP contribution is 2.29. The molecule has 0 bridgehead atoms. The highest BCUT2D eigenvalue weighted by molar-refractivity contribution is 5.88. The Morgan fingerprint density at radius 3 is 2.36 bits per heavy atom. The molecule has 1 N–H and O–H groups in total. The second kappa shape index (κ2) is 8.39. The molecule has 0 atom stereocenters. The van der Waals surface area contributed by atoms with Crippen molar-refractivity contribution >= 4 is 5.97 Å². The SMILES string of the molecule is N#Cc1ccc(COc2cc(Oc3cccc(C(=O)O)c3)ccc2C#N)cc1. The molecule has 0 aromatic heterocycles. The quantitative estimate of drug-likeness (QED) is 0.685. The van der Waals surface area contributed by atoms with Crippen molar-refractivity contribution in [2.45, 2.75) is 6.61 Å². The Morgan fingerprint density at radius 2 is 1.68 bits per heavy atom. The first kappa shape index (κ1) is 18.5. The van der Waals surface area contributed by atoms with E-state index in [-0.39, 0.29) is 12.2 Å². The summed E-state index contributed by atoms with van der Waals surface area (Å²) >= 11 is 0. The van der Waals surface area contributed by atoms with Crippen molar-refractivity contribution in [1.29, 1.82) is 10.5 Å². The molecule has 0 amide bonds. The zero-order valence-electron chi connectivity index (χ0n) is 14.6. The van der Waals surface area contributed by atoms with Gasteiger partial charge in [0.05, 0.1) is 22.8 Å². The summed E-state index contributed by atoms with van der Waals surface area (Å²) < 4.78 is 11.5. The molecule has 0 aliphatic heterocycles. The zero-order valence-corrected chi connectivity index (χ0v) is 14.6. The highest BCUT2D eigenvalue weighted by atomic mass is 16.5. The number of carbonyl (C=O) groups is 1. The lowest BCUT2D eigenvalue weighted by Gasteiger charge is -2.11. The minimum atomic E-state index is -1.04. The molecule has 28 heavy (non-hydrogen) atoms. The van der Waals surface area contributed by atoms with Crippen LogP contribution >= 0.6 is 0 Å². The molecule has 0 saturated carbocycles. The Kier molecular flexibility index (Phi) is 5.55. The molecule has 0 fully saturated rings. The molecular weight excluding hydrogens is 356 g/mol. The zero-order chi connectivity index (χ0) is 19.9. The number of rotatable bonds is 6. The number of benzene rings is 3. The maximum Gasteiger partial charge on any atom is 0.335 e. The van der Waals surface area contributed by atoms with E-state index in [2.05, 4.69) is 12.1 Å². The van der Waals surface area contributed by atoms with Gasteiger partial charge in [-0.1, -0.05) is 18.2 Å². The van der Waals surface area contributed by atoms with E-state index < -0.39 is 5.97 Å². The molecule has 6 nitrogen and oxygen atoms in total. The molecule has 3 rings (SSSR count). The van der Waals surface area contributed by atoms with Crippen molar-refractivity contribution in [2.24, 2.45) is 0 Å². The molecular formula is C22H14N2O4. The maximum atomic E-state index is 11.1. The molecule has 3 aromatic carbocycles. The second-order valence-electron chi connectivity index (χ2n) is 5.80. The second-order valence-corrected chi connectivity index (χ2v) is 5.80. The fraction of sp³-hybridized carbons (Fsp3) is 0.0455. The summed E-state index contributed by atoms with van der Waals surface area (Å²) in [7, 11) is 0. The van der Waals surface area contributed by atoms with Crippen LogP contribution in [-0.4, -0.2) is 11.1 Å². The molecule has 0 spiro atoms. The van der Waals surface area contributed by atoms with E-state index in [1.165, 1.54) is 12.1 Å². The van der Waals surface area contributed by atoms with Gasteiger partial charge in [-0.2, -0.15) is 10.5 Å². The number of hydrogen-bond donors (Lipinski definition) is 1. The van der Waals surface area contributed by atoms with Crippen LogP contribution in [0.25, 0.3) is 0 Å². The van der Waals surface area contributed by atoms with Gasteiger partial charge in [-0.05, 0) is 48.0 Å². The van der Waals surface area contributed by atoms with Crippen molar-refractivity contribution in [3.63, 3.8) is 0 Å². The van der Waals surface area contributed by atoms with E-state index in [0.717, 1.165) is 5.56 Å². The lowest BCUT2D eigenvalue weighted by atomic mass is 10.1. The molecule has 0 saturated heterocycles. The van der Waals surface area contributed by atoms with Gasteiger partial charge in [-0.15, -0.1) is 0 Å². The van der Waals surface area contributed by atoms with E-state index in [0.29, 0.717) is 28.4 Å². The molecule has 0 aliphatic rings. The van der Waals surface area contributed by atoms with Gasteiger partial charge in [0.25, 0.3) is 0 Å². The van der Waals surface area contributed by atoms with Crippen LogP contribution in [0, 0.1) is 22.7 Å². The third kappa shape index (κ3) is 4.46. The number of hydrogen-bond acceptors (Lipinski definition) is 5. The van der Waals surface area contributed by atoms with Gasteiger partial charge in [-0.25, -0.2) is 4.79 Å². The van der Waals surface area contributed by atoms with Crippen LogP contribution in [0.1, 0.15) is 27.0 Å². The number of aromatic carboxylic acids is 1. The minimum Gasteiger partial charge on any atom is -0.487 e. The number of nitrogens with zero attached hydrogens (tertiary/aromatic N) is 2. The smallest absolute Gasteiger partial charge is 0.335 e. The summed E-state index contributed by atoms with van der Waals surface area (Å²) in [6.07, 6.45) is 0. The van der Waals surface area contributed by atoms with Crippen LogP contribution in [0.3, 0.4) is 0 Å². The lowest BCUT2D eigenvalue weighted by molar-refractivity contribution is 0.0696. The molecule has 0 aliphatic carbocycles. The van der Waals surface area contributed by atoms with Crippen molar-refractivity contribution in [3.05, 3.63) is 89.0 Å². The van der Waals surface area contributed by atoms with E-state index in [4.69, 9.17) is 19.8 Å². The standard InChI is InChI=1S/C22H14N2O4/c23-12-15-4-6-16(7-5-15)14-27-21-11-20(9-8-18(21)13-24)28-19-3-1-2-17(10-19)22(25)26/h1-11H,14H2,(H,25,26). The van der Waals surface area contributed by atoms with Crippen LogP contribution in [-0.2, 0) is 6.61 Å². The van der Waals surface area contributed by atoms with Crippen molar-refractivity contribution in [3.8, 4) is 29.4 Å². The van der Waals surface area contributed by atoms with Crippen molar-refractivity contribution in [1.82, 2.24) is 0 Å². The topological polar surface area (TPSA) is 103 Å². The Bertz CT molecular complexity index is 1090. The van der Waals surface area contributed by atoms with Gasteiger partial charge < -0.3 is 14.6 Å². The van der Waals surface area contributed by atoms with Gasteiger partial charge in [0.15, 0.2) is 0 Å². The largest absolute Gasteiger partial charge is 0.487 e. The molecule has 0 heterocycles. The van der Waals surface area contributed by atoms with Crippen LogP contribution in [0.4, 0.5) is 0 Å². The molecule has 0 unspecified atom stereocenters. The predicted molar refractivity (Wildman–Crippen MR) is 100 cm³/mol. The third-order valence-corrected chi connectivity index (χ3v) is 3.87. The molecule has 0 radical (unpaired) electrons. The van der Waals surface area contributed by atoms with Crippen LogP contribution in [0.2, 0.25) is 0 Å². The average molecular weight is 370 g/mol. The van der Waals surface area contributed by atoms with Gasteiger partial charge in [0.2, 0.25) is 0 Å². The summed E-state index contributed by atoms with van der Waals surface area (Å²) in [5, 5.41) is 27.2. The lowest BCUT2D eigenvalue weighted by Crippen LogP contribution is -1.98. The first-order valence-electron chi connectivity index (χ1n) is 8.26. The Labute approximate surface area is 161 Å². The minimum absolute atomic E-state index is 0.114. The Morgan fingerprint density at radius 1 is 0.929 bits per heavy atom. The summed E-state index contributed by atoms with van der Waals surface area (Å²) in [6.45, 7) is 0.221. The van der Waals surface area contributed by atoms with Crippen LogP contribution < -0.4 is 9.47 Å². The van der Waals surface area contributed by atoms with Crippen molar-refractivity contribution in [2.75, 3.05) is 0 Å². The number of carboxylic acid groups (broad SMARTS) is 1. The normalized spacial score (nSPS) is 9.79. The molecule has 3 aromatic rings. The number of ether oxygens (including phenoxy) is 2. The Balaban J connectivity index is 1.78. The van der Waals surface area contributed by atoms with Crippen molar-refractivity contribution < 1.29 is 19.4 Å². The number of carboxylic acids is 1. The monoisotopic (exact) mass is 370 g/mol. The number of nitriles is 2. The maximum absolute atomic E-state index is 11.1. The fourth-order valence-corrected chi connectivity index (χ4v) is 2.44. The summed E-state index contributed by atoms with van der Waals surface area (Å²) in [4.78, 5) is 11.1. The first-order chi connectivity index (χ1) is 13.6. The fourth-order valence-electron chi connectivity index (χ4n) is 2.44. The van der Waals surface area contributed by atoms with E-state index in [9.17, 15) is 10.1 Å². The summed E-state index contributed by atoms with van der Waals surface area (Å²) in [5.41, 5.74) is 1.87. The van der Waals surface area contributed by atoms with E-state index in [1.54, 1.807) is 54.6 Å². The highest BCUT2D eigenvalue weighted by Gasteiger charge is 2.09. The average Bonchev–Trinajstić information content (AvgIpc) is 2.73. The van der Waals surface area contributed by atoms with Gasteiger partial charge in [0, 0.05) is 6.07 Å². The van der Waals surface area contributed by atoms with Gasteiger partial charge in [0.1, 0.15) is 29.9 Å². The van der Waals surface area contributed by atoms with E-state index >= 15 is 0 Å². The van der Waals surface area contributed by atoms with E-state index in [1.807, 2.05) is 0 Å². The Hall–Kier alpha value is -4.29. The third-order valence-electron chi connectivity index (χ3n) is 3.87. The molecule has 136 valence electrons. The molecule has 6 heteroatoms. The van der Waals surface area contributed by atoms with Gasteiger partial charge >= 0.3 is 5.97 Å². The van der Waals surface area contributed by atoms with Crippen LogP contribution in [0.5, 0.6) is 17.2 Å². The van der Waals surface area contributed by atoms with Gasteiger partial charge in [-0.3, -0.25) is 0 Å². The summed E-state index contributed by atoms with van der Waals surface area (Å²) in [6, 6.07) is 21.9. The predicted octanol–water partition coefficient (Wildman–Crippen LogP) is 4.50. The summed E-state index contributed by atoms with van der Waals surface area (Å²) in [5.74, 6) is 0.0782. The van der Waals surface area contributed by atoms with Crippen LogP contribution in [0.15, 0.2) is 66.7 Å².